The third-order valence-corrected chi connectivity index (χ3v) is 3.14. The van der Waals surface area contributed by atoms with Crippen LogP contribution in [0.1, 0.15) is 18.4 Å². The van der Waals surface area contributed by atoms with Gasteiger partial charge in [0.05, 0.1) is 16.6 Å². The minimum atomic E-state index is -4.67. The van der Waals surface area contributed by atoms with Crippen molar-refractivity contribution >= 4 is 11.5 Å². The molecule has 20 heavy (non-hydrogen) atoms. The first-order chi connectivity index (χ1) is 9.29. The van der Waals surface area contributed by atoms with Crippen molar-refractivity contribution in [2.24, 2.45) is 0 Å². The third kappa shape index (κ3) is 2.98. The molecule has 0 saturated carbocycles. The van der Waals surface area contributed by atoms with Gasteiger partial charge in [-0.3, -0.25) is 10.1 Å². The third-order valence-electron chi connectivity index (χ3n) is 3.14. The molecular formula is C11H12F3N3O3. The number of hydrogen-bond acceptors (Lipinski definition) is 5. The average molecular weight is 291 g/mol. The predicted molar refractivity (Wildman–Crippen MR) is 63.3 cm³/mol. The molecule has 9 heteroatoms. The zero-order valence-electron chi connectivity index (χ0n) is 10.3. The zero-order chi connectivity index (χ0) is 14.9. The Labute approximate surface area is 112 Å². The molecule has 110 valence electrons. The van der Waals surface area contributed by atoms with Crippen LogP contribution in [0.25, 0.3) is 0 Å². The maximum absolute atomic E-state index is 12.5. The number of aliphatic hydroxyl groups excluding tert-OH is 1. The smallest absolute Gasteiger partial charge is 0.393 e. The first-order valence-corrected chi connectivity index (χ1v) is 5.93. The molecule has 0 spiro atoms. The van der Waals surface area contributed by atoms with Crippen LogP contribution >= 0.6 is 0 Å². The molecule has 1 N–H and O–H groups in total. The van der Waals surface area contributed by atoms with Gasteiger partial charge < -0.3 is 10.0 Å². The van der Waals surface area contributed by atoms with E-state index in [1.54, 1.807) is 0 Å². The van der Waals surface area contributed by atoms with Crippen LogP contribution in [0.3, 0.4) is 0 Å². The fraction of sp³-hybridized carbons (Fsp3) is 0.545. The van der Waals surface area contributed by atoms with Crippen molar-refractivity contribution in [2.45, 2.75) is 25.1 Å². The minimum absolute atomic E-state index is 0.0881. The SMILES string of the molecule is O=[N+]([O-])c1cc(C(F)(F)F)cnc1N1CCC(O)CC1. The number of aliphatic hydroxyl groups is 1. The first kappa shape index (κ1) is 14.5. The summed E-state index contributed by atoms with van der Waals surface area (Å²) in [7, 11) is 0. The van der Waals surface area contributed by atoms with Gasteiger partial charge in [0.15, 0.2) is 0 Å². The monoisotopic (exact) mass is 291 g/mol. The van der Waals surface area contributed by atoms with E-state index in [4.69, 9.17) is 0 Å². The number of rotatable bonds is 2. The first-order valence-electron chi connectivity index (χ1n) is 5.93. The molecule has 0 unspecified atom stereocenters. The summed E-state index contributed by atoms with van der Waals surface area (Å²) in [6, 6.07) is 0.493. The molecule has 1 fully saturated rings. The molecule has 2 heterocycles. The number of aromatic nitrogens is 1. The van der Waals surface area contributed by atoms with E-state index in [2.05, 4.69) is 4.98 Å². The lowest BCUT2D eigenvalue weighted by atomic mass is 10.1. The van der Waals surface area contributed by atoms with E-state index in [-0.39, 0.29) is 5.82 Å². The predicted octanol–water partition coefficient (Wildman–Crippen LogP) is 1.97. The molecule has 1 aliphatic heterocycles. The molecule has 1 aromatic rings. The number of pyridine rings is 1. The van der Waals surface area contributed by atoms with Gasteiger partial charge in [-0.1, -0.05) is 0 Å². The second kappa shape index (κ2) is 5.23. The summed E-state index contributed by atoms with van der Waals surface area (Å²) in [6.45, 7) is 0.640. The Morgan fingerprint density at radius 1 is 1.40 bits per heavy atom. The molecule has 2 rings (SSSR count). The lowest BCUT2D eigenvalue weighted by Gasteiger charge is -2.30. The number of nitro groups is 1. The zero-order valence-corrected chi connectivity index (χ0v) is 10.3. The van der Waals surface area contributed by atoms with Crippen LogP contribution < -0.4 is 4.90 Å². The standard InChI is InChI=1S/C11H12F3N3O3/c12-11(13,14)7-5-9(17(19)20)10(15-6-7)16-3-1-8(18)2-4-16/h5-6,8,18H,1-4H2. The van der Waals surface area contributed by atoms with E-state index >= 15 is 0 Å². The van der Waals surface area contributed by atoms with E-state index in [1.165, 1.54) is 4.90 Å². The topological polar surface area (TPSA) is 79.5 Å². The number of hydrogen-bond donors (Lipinski definition) is 1. The summed E-state index contributed by atoms with van der Waals surface area (Å²) in [5, 5.41) is 20.3. The van der Waals surface area contributed by atoms with E-state index in [9.17, 15) is 28.4 Å². The number of alkyl halides is 3. The number of nitrogens with zero attached hydrogens (tertiary/aromatic N) is 3. The number of anilines is 1. The second-order valence-corrected chi connectivity index (χ2v) is 4.54. The molecule has 0 atom stereocenters. The van der Waals surface area contributed by atoms with Gasteiger partial charge in [0.1, 0.15) is 0 Å². The Kier molecular flexibility index (Phi) is 3.80. The lowest BCUT2D eigenvalue weighted by Crippen LogP contribution is -2.36. The summed E-state index contributed by atoms with van der Waals surface area (Å²) in [6.07, 6.45) is -3.76. The van der Waals surface area contributed by atoms with E-state index in [0.717, 1.165) is 0 Å². The Morgan fingerprint density at radius 3 is 2.50 bits per heavy atom. The van der Waals surface area contributed by atoms with Gasteiger partial charge in [-0.05, 0) is 12.8 Å². The van der Waals surface area contributed by atoms with Crippen molar-refractivity contribution in [1.29, 1.82) is 0 Å². The van der Waals surface area contributed by atoms with Gasteiger partial charge in [-0.15, -0.1) is 0 Å². The van der Waals surface area contributed by atoms with Gasteiger partial charge in [0.25, 0.3) is 0 Å². The van der Waals surface area contributed by atoms with Gasteiger partial charge >= 0.3 is 11.9 Å². The van der Waals surface area contributed by atoms with E-state index < -0.39 is 28.5 Å². The number of halogens is 3. The van der Waals surface area contributed by atoms with Crippen molar-refractivity contribution < 1.29 is 23.2 Å². The van der Waals surface area contributed by atoms with Crippen LogP contribution in [0, 0.1) is 10.1 Å². The molecular weight excluding hydrogens is 279 g/mol. The van der Waals surface area contributed by atoms with Crippen LogP contribution in [-0.4, -0.2) is 34.2 Å². The summed E-state index contributed by atoms with van der Waals surface area (Å²) < 4.78 is 37.6. The van der Waals surface area contributed by atoms with Crippen LogP contribution in [0.15, 0.2) is 12.3 Å². The molecule has 1 saturated heterocycles. The molecule has 1 aliphatic rings. The maximum atomic E-state index is 12.5. The summed E-state index contributed by atoms with van der Waals surface area (Å²) in [4.78, 5) is 15.2. The molecule has 1 aromatic heterocycles. The molecule has 0 aliphatic carbocycles. The summed E-state index contributed by atoms with van der Waals surface area (Å²) in [5.74, 6) is -0.0881. The van der Waals surface area contributed by atoms with E-state index in [1.807, 2.05) is 0 Å². The van der Waals surface area contributed by atoms with Gasteiger partial charge in [0.2, 0.25) is 5.82 Å². The highest BCUT2D eigenvalue weighted by Gasteiger charge is 2.35. The molecule has 0 bridgehead atoms. The fourth-order valence-corrected chi connectivity index (χ4v) is 2.06. The van der Waals surface area contributed by atoms with Crippen molar-refractivity contribution in [1.82, 2.24) is 4.98 Å². The number of piperidine rings is 1. The minimum Gasteiger partial charge on any atom is -0.393 e. The van der Waals surface area contributed by atoms with Gasteiger partial charge in [0, 0.05) is 25.4 Å². The normalized spacial score (nSPS) is 17.3. The second-order valence-electron chi connectivity index (χ2n) is 4.54. The van der Waals surface area contributed by atoms with Gasteiger partial charge in [-0.25, -0.2) is 4.98 Å². The highest BCUT2D eigenvalue weighted by Crippen LogP contribution is 2.35. The molecule has 0 radical (unpaired) electrons. The maximum Gasteiger partial charge on any atom is 0.418 e. The summed E-state index contributed by atoms with van der Waals surface area (Å²) in [5.41, 5.74) is -1.82. The van der Waals surface area contributed by atoms with Crippen molar-refractivity contribution in [2.75, 3.05) is 18.0 Å². The van der Waals surface area contributed by atoms with Crippen LogP contribution in [0.2, 0.25) is 0 Å². The Balaban J connectivity index is 2.36. The van der Waals surface area contributed by atoms with Crippen LogP contribution in [0.4, 0.5) is 24.7 Å². The van der Waals surface area contributed by atoms with E-state index in [0.29, 0.717) is 38.2 Å². The Morgan fingerprint density at radius 2 is 2.00 bits per heavy atom. The van der Waals surface area contributed by atoms with Gasteiger partial charge in [-0.2, -0.15) is 13.2 Å². The molecule has 0 amide bonds. The van der Waals surface area contributed by atoms with Crippen molar-refractivity contribution in [3.8, 4) is 0 Å². The Bertz CT molecular complexity index is 513. The summed E-state index contributed by atoms with van der Waals surface area (Å²) >= 11 is 0. The van der Waals surface area contributed by atoms with Crippen LogP contribution in [-0.2, 0) is 6.18 Å². The quantitative estimate of drug-likeness (QED) is 0.665. The average Bonchev–Trinajstić information content (AvgIpc) is 2.38. The van der Waals surface area contributed by atoms with Crippen molar-refractivity contribution in [3.05, 3.63) is 27.9 Å². The lowest BCUT2D eigenvalue weighted by molar-refractivity contribution is -0.384. The fourth-order valence-electron chi connectivity index (χ4n) is 2.06. The molecule has 0 aromatic carbocycles. The largest absolute Gasteiger partial charge is 0.418 e. The highest BCUT2D eigenvalue weighted by molar-refractivity contribution is 5.59. The van der Waals surface area contributed by atoms with Crippen LogP contribution in [0.5, 0.6) is 0 Å². The molecule has 6 nitrogen and oxygen atoms in total. The highest BCUT2D eigenvalue weighted by atomic mass is 19.4. The van der Waals surface area contributed by atoms with Crippen molar-refractivity contribution in [3.63, 3.8) is 0 Å². The Hall–Kier alpha value is -1.90.